The number of rotatable bonds is 14. The average molecular weight is 589 g/mol. The third-order valence-electron chi connectivity index (χ3n) is 7.32. The van der Waals surface area contributed by atoms with Gasteiger partial charge in [0.25, 0.3) is 0 Å². The van der Waals surface area contributed by atoms with E-state index in [-0.39, 0.29) is 0 Å². The molecule has 0 atom stereocenters. The van der Waals surface area contributed by atoms with Crippen molar-refractivity contribution in [1.82, 2.24) is 24.8 Å². The molecule has 0 radical (unpaired) electrons. The van der Waals surface area contributed by atoms with Gasteiger partial charge in [-0.2, -0.15) is 0 Å². The lowest BCUT2D eigenvalue weighted by molar-refractivity contribution is 0.0313. The molecule has 0 aliphatic carbocycles. The Balaban J connectivity index is 1.19. The lowest BCUT2D eigenvalue weighted by Crippen LogP contribution is -2.37. The fraction of sp³-hybridized carbons (Fsp3) is 0.700. The van der Waals surface area contributed by atoms with Crippen molar-refractivity contribution < 1.29 is 19.0 Å². The number of piperidine rings is 1. The number of nitrogens with zero attached hydrogens (tertiary/aromatic N) is 4. The molecule has 1 saturated heterocycles. The van der Waals surface area contributed by atoms with Gasteiger partial charge in [0.1, 0.15) is 16.9 Å². The van der Waals surface area contributed by atoms with E-state index >= 15 is 0 Å². The summed E-state index contributed by atoms with van der Waals surface area (Å²) in [5, 5.41) is 2.69. The number of alkyl carbamates (subject to hydrolysis) is 1. The van der Waals surface area contributed by atoms with Gasteiger partial charge in [-0.25, -0.2) is 14.8 Å². The Bertz CT molecular complexity index is 1280. The summed E-state index contributed by atoms with van der Waals surface area (Å²) in [5.41, 5.74) is 8.92. The van der Waals surface area contributed by atoms with E-state index in [9.17, 15) is 4.79 Å². The van der Waals surface area contributed by atoms with Crippen LogP contribution < -0.4 is 11.1 Å². The number of carbonyl (C=O) groups excluding carboxylic acids is 1. The molecule has 0 bridgehead atoms. The van der Waals surface area contributed by atoms with Crippen LogP contribution in [0.3, 0.4) is 0 Å². The number of imidazole rings is 1. The Morgan fingerprint density at radius 1 is 1.15 bits per heavy atom. The van der Waals surface area contributed by atoms with E-state index in [4.69, 9.17) is 24.9 Å². The average Bonchev–Trinajstić information content (AvgIpc) is 3.46. The van der Waals surface area contributed by atoms with Crippen LogP contribution in [0.5, 0.6) is 0 Å². The van der Waals surface area contributed by atoms with Gasteiger partial charge in [0.2, 0.25) is 0 Å². The molecule has 0 spiro atoms. The number of aromatic nitrogens is 3. The Morgan fingerprint density at radius 2 is 1.88 bits per heavy atom. The Morgan fingerprint density at radius 3 is 2.59 bits per heavy atom. The molecule has 0 unspecified atom stereocenters. The Hall–Kier alpha value is -2.47. The van der Waals surface area contributed by atoms with Crippen molar-refractivity contribution in [3.05, 3.63) is 16.8 Å². The molecule has 41 heavy (non-hydrogen) atoms. The molecule has 11 heteroatoms. The maximum absolute atomic E-state index is 11.6. The summed E-state index contributed by atoms with van der Waals surface area (Å²) in [6, 6.07) is 2.13. The molecular weight excluding hydrogens is 540 g/mol. The van der Waals surface area contributed by atoms with E-state index in [0.717, 1.165) is 75.1 Å². The summed E-state index contributed by atoms with van der Waals surface area (Å²) < 4.78 is 20.2. The van der Waals surface area contributed by atoms with E-state index in [0.29, 0.717) is 44.7 Å². The minimum atomic E-state index is -0.496. The monoisotopic (exact) mass is 588 g/mol. The number of unbranched alkanes of at least 4 members (excludes halogenated alkanes) is 1. The molecule has 1 aliphatic heterocycles. The van der Waals surface area contributed by atoms with E-state index in [1.807, 2.05) is 20.8 Å². The number of nitrogens with two attached hydrogens (primary N) is 1. The minimum absolute atomic E-state index is 0.418. The van der Waals surface area contributed by atoms with Gasteiger partial charge < -0.3 is 34.7 Å². The number of carbonyl (C=O) groups is 1. The van der Waals surface area contributed by atoms with Crippen LogP contribution in [0.2, 0.25) is 0 Å². The third kappa shape index (κ3) is 9.01. The van der Waals surface area contributed by atoms with Crippen molar-refractivity contribution in [1.29, 1.82) is 0 Å². The zero-order valence-corrected chi connectivity index (χ0v) is 26.3. The van der Waals surface area contributed by atoms with Crippen LogP contribution in [0.4, 0.5) is 10.6 Å². The maximum atomic E-state index is 11.6. The molecule has 3 aromatic heterocycles. The summed E-state index contributed by atoms with van der Waals surface area (Å²) in [4.78, 5) is 25.0. The summed E-state index contributed by atoms with van der Waals surface area (Å²) in [7, 11) is 0. The van der Waals surface area contributed by atoms with Crippen molar-refractivity contribution in [2.45, 2.75) is 78.9 Å². The number of aryl methyl sites for hydroxylation is 2. The molecule has 1 amide bonds. The molecule has 10 nitrogen and oxygen atoms in total. The van der Waals surface area contributed by atoms with Crippen molar-refractivity contribution in [3.63, 3.8) is 0 Å². The Labute approximate surface area is 247 Å². The quantitative estimate of drug-likeness (QED) is 0.249. The lowest BCUT2D eigenvalue weighted by atomic mass is 9.96. The van der Waals surface area contributed by atoms with Gasteiger partial charge in [-0.15, -0.1) is 11.3 Å². The fourth-order valence-corrected chi connectivity index (χ4v) is 6.28. The van der Waals surface area contributed by atoms with Gasteiger partial charge in [-0.05, 0) is 72.0 Å². The molecule has 0 saturated carbocycles. The first-order valence-electron chi connectivity index (χ1n) is 15.0. The minimum Gasteiger partial charge on any atom is -0.444 e. The summed E-state index contributed by atoms with van der Waals surface area (Å²) >= 11 is 1.79. The molecule has 3 aromatic rings. The van der Waals surface area contributed by atoms with Crippen LogP contribution in [-0.2, 0) is 27.2 Å². The molecule has 228 valence electrons. The summed E-state index contributed by atoms with van der Waals surface area (Å²) in [6.45, 7) is 16.5. The van der Waals surface area contributed by atoms with Crippen molar-refractivity contribution in [2.75, 3.05) is 58.3 Å². The zero-order chi connectivity index (χ0) is 29.4. The summed E-state index contributed by atoms with van der Waals surface area (Å²) in [5.74, 6) is 2.30. The first kappa shape index (κ1) is 31.5. The third-order valence-corrected chi connectivity index (χ3v) is 8.37. The van der Waals surface area contributed by atoms with Crippen LogP contribution >= 0.6 is 11.3 Å². The molecule has 1 fully saturated rings. The van der Waals surface area contributed by atoms with Gasteiger partial charge in [0, 0.05) is 30.9 Å². The second-order valence-electron chi connectivity index (χ2n) is 11.9. The number of nitrogen functional groups attached to an aromatic ring is 1. The van der Waals surface area contributed by atoms with Crippen molar-refractivity contribution in [3.8, 4) is 0 Å². The predicted octanol–water partition coefficient (Wildman–Crippen LogP) is 5.15. The lowest BCUT2D eigenvalue weighted by Gasteiger charge is -2.32. The molecule has 3 N–H and O–H groups in total. The number of pyridine rings is 1. The summed E-state index contributed by atoms with van der Waals surface area (Å²) in [6.07, 6.45) is 5.13. The molecular formula is C30H48N6O4S. The molecule has 1 aliphatic rings. The second-order valence-corrected chi connectivity index (χ2v) is 13.2. The number of thiophene rings is 1. The van der Waals surface area contributed by atoms with Crippen LogP contribution in [0, 0.1) is 12.8 Å². The van der Waals surface area contributed by atoms with Crippen LogP contribution in [0.1, 0.15) is 64.1 Å². The fourth-order valence-electron chi connectivity index (χ4n) is 5.27. The highest BCUT2D eigenvalue weighted by Crippen LogP contribution is 2.35. The maximum Gasteiger partial charge on any atom is 0.407 e. The van der Waals surface area contributed by atoms with Crippen molar-refractivity contribution >= 4 is 44.5 Å². The van der Waals surface area contributed by atoms with Crippen LogP contribution in [-0.4, -0.2) is 83.7 Å². The topological polar surface area (TPSA) is 117 Å². The van der Waals surface area contributed by atoms with Gasteiger partial charge >= 0.3 is 6.09 Å². The van der Waals surface area contributed by atoms with Gasteiger partial charge in [0.05, 0.1) is 42.2 Å². The zero-order valence-electron chi connectivity index (χ0n) is 25.5. The highest BCUT2D eigenvalue weighted by Gasteiger charge is 2.24. The Kier molecular flexibility index (Phi) is 11.2. The highest BCUT2D eigenvalue weighted by molar-refractivity contribution is 7.19. The largest absolute Gasteiger partial charge is 0.444 e. The number of nitrogens with one attached hydrogen (secondary N) is 1. The second kappa shape index (κ2) is 14.6. The SMILES string of the molecule is CCCCc1nc2c(N)nc3cc(C)sc3c2n1CC1CCN(CCOCCOCCNC(=O)OC(C)(C)C)CC1. The van der Waals surface area contributed by atoms with Crippen molar-refractivity contribution in [2.24, 2.45) is 5.92 Å². The van der Waals surface area contributed by atoms with Gasteiger partial charge in [0.15, 0.2) is 5.82 Å². The number of ether oxygens (including phenoxy) is 3. The smallest absolute Gasteiger partial charge is 0.407 e. The van der Waals surface area contributed by atoms with E-state index in [1.54, 1.807) is 11.3 Å². The number of hydrogen-bond donors (Lipinski definition) is 2. The molecule has 0 aromatic carbocycles. The van der Waals surface area contributed by atoms with Gasteiger partial charge in [-0.1, -0.05) is 13.3 Å². The number of likely N-dealkylation sites (tertiary alicyclic amines) is 1. The van der Waals surface area contributed by atoms with Crippen LogP contribution in [0.25, 0.3) is 21.3 Å². The standard InChI is InChI=1S/C30H48N6O4S/c1-6-7-8-24-34-25-26(27-23(33-28(25)31)19-21(2)41-27)36(24)20-22-9-12-35(13-10-22)14-16-39-18-17-38-15-11-32-29(37)40-30(3,4)5/h19,22H,6-18,20H2,1-5H3,(H2,31,33)(H,32,37). The van der Waals surface area contributed by atoms with Gasteiger partial charge in [-0.3, -0.25) is 0 Å². The van der Waals surface area contributed by atoms with E-state index in [2.05, 4.69) is 39.7 Å². The van der Waals surface area contributed by atoms with E-state index < -0.39 is 11.7 Å². The first-order valence-corrected chi connectivity index (χ1v) is 15.9. The molecule has 4 rings (SSSR count). The number of hydrogen-bond acceptors (Lipinski definition) is 9. The number of anilines is 1. The normalized spacial score (nSPS) is 15.2. The molecule has 4 heterocycles. The number of amides is 1. The highest BCUT2D eigenvalue weighted by atomic mass is 32.1. The van der Waals surface area contributed by atoms with Crippen LogP contribution in [0.15, 0.2) is 6.07 Å². The van der Waals surface area contributed by atoms with E-state index in [1.165, 1.54) is 15.1 Å². The number of fused-ring (bicyclic) bond motifs is 3. The predicted molar refractivity (Wildman–Crippen MR) is 166 cm³/mol. The first-order chi connectivity index (χ1) is 19.6.